The minimum atomic E-state index is -0.422. The lowest BCUT2D eigenvalue weighted by molar-refractivity contribution is 0.669. The number of hydrogen-bond acceptors (Lipinski definition) is 3. The summed E-state index contributed by atoms with van der Waals surface area (Å²) in [5, 5.41) is 4.87. The number of benzene rings is 8. The molecule has 0 atom stereocenters. The Morgan fingerprint density at radius 1 is 0.423 bits per heavy atom. The number of fused-ring (bicyclic) bond motifs is 17. The SMILES string of the molecule is c1ccc(N(c2cccc3c2-c2ccccc2C32c3ccccc3-c3ccccc32)c2cccc3oc4ccc5c6ccccc6sc5c4c23)cc1. The molecule has 242 valence electrons. The van der Waals surface area contributed by atoms with Gasteiger partial charge in [0.15, 0.2) is 0 Å². The number of hydrogen-bond donors (Lipinski definition) is 0. The molecule has 2 aliphatic rings. The van der Waals surface area contributed by atoms with E-state index in [1.54, 1.807) is 0 Å². The lowest BCUT2D eigenvalue weighted by Gasteiger charge is -2.32. The highest BCUT2D eigenvalue weighted by molar-refractivity contribution is 7.26. The first-order valence-corrected chi connectivity index (χ1v) is 18.7. The highest BCUT2D eigenvalue weighted by atomic mass is 32.1. The third-order valence-electron chi connectivity index (χ3n) is 11.5. The van der Waals surface area contributed by atoms with Crippen molar-refractivity contribution in [3.63, 3.8) is 0 Å². The zero-order chi connectivity index (χ0) is 34.0. The molecule has 0 bridgehead atoms. The third kappa shape index (κ3) is 3.48. The Balaban J connectivity index is 1.21. The minimum Gasteiger partial charge on any atom is -0.456 e. The normalized spacial score (nSPS) is 13.5. The van der Waals surface area contributed by atoms with E-state index in [-0.39, 0.29) is 0 Å². The molecule has 12 rings (SSSR count). The molecule has 0 aliphatic heterocycles. The second kappa shape index (κ2) is 10.3. The molecule has 0 N–H and O–H groups in total. The van der Waals surface area contributed by atoms with Crippen LogP contribution in [0.3, 0.4) is 0 Å². The molecule has 2 heterocycles. The van der Waals surface area contributed by atoms with Gasteiger partial charge in [-0.15, -0.1) is 11.3 Å². The topological polar surface area (TPSA) is 16.4 Å². The fourth-order valence-electron chi connectivity index (χ4n) is 9.55. The Bertz CT molecular complexity index is 3050. The monoisotopic (exact) mass is 679 g/mol. The summed E-state index contributed by atoms with van der Waals surface area (Å²) in [7, 11) is 0. The Labute approximate surface area is 304 Å². The average molecular weight is 680 g/mol. The Morgan fingerprint density at radius 2 is 1.02 bits per heavy atom. The van der Waals surface area contributed by atoms with Crippen molar-refractivity contribution < 1.29 is 4.42 Å². The van der Waals surface area contributed by atoms with E-state index in [0.717, 1.165) is 33.6 Å². The van der Waals surface area contributed by atoms with E-state index in [2.05, 4.69) is 181 Å². The van der Waals surface area contributed by atoms with Gasteiger partial charge >= 0.3 is 0 Å². The highest BCUT2D eigenvalue weighted by Crippen LogP contribution is 2.65. The van der Waals surface area contributed by atoms with Crippen molar-refractivity contribution >= 4 is 70.5 Å². The molecular formula is C49H29NOS. The van der Waals surface area contributed by atoms with Crippen molar-refractivity contribution in [2.75, 3.05) is 4.90 Å². The van der Waals surface area contributed by atoms with Crippen LogP contribution in [-0.4, -0.2) is 0 Å². The summed E-state index contributed by atoms with van der Waals surface area (Å²) in [4.78, 5) is 2.48. The van der Waals surface area contributed by atoms with E-state index < -0.39 is 5.41 Å². The van der Waals surface area contributed by atoms with E-state index >= 15 is 0 Å². The van der Waals surface area contributed by atoms with Crippen LogP contribution in [0.2, 0.25) is 0 Å². The Kier molecular flexibility index (Phi) is 5.62. The van der Waals surface area contributed by atoms with Gasteiger partial charge in [-0.25, -0.2) is 0 Å². The van der Waals surface area contributed by atoms with Crippen LogP contribution in [0.4, 0.5) is 17.1 Å². The van der Waals surface area contributed by atoms with E-state index in [1.807, 2.05) is 11.3 Å². The number of anilines is 3. The number of nitrogens with zero attached hydrogens (tertiary/aromatic N) is 1. The van der Waals surface area contributed by atoms with Gasteiger partial charge in [0.05, 0.1) is 22.2 Å². The summed E-state index contributed by atoms with van der Waals surface area (Å²) in [5.74, 6) is 0. The zero-order valence-electron chi connectivity index (χ0n) is 28.0. The Hall–Kier alpha value is -6.42. The molecule has 8 aromatic carbocycles. The number of para-hydroxylation sites is 1. The number of thiophene rings is 1. The van der Waals surface area contributed by atoms with Crippen molar-refractivity contribution in [2.24, 2.45) is 0 Å². The van der Waals surface area contributed by atoms with Crippen molar-refractivity contribution in [3.8, 4) is 22.3 Å². The molecule has 0 radical (unpaired) electrons. The fourth-order valence-corrected chi connectivity index (χ4v) is 10.8. The van der Waals surface area contributed by atoms with Gasteiger partial charge in [-0.2, -0.15) is 0 Å². The molecule has 0 unspecified atom stereocenters. The van der Waals surface area contributed by atoms with E-state index in [4.69, 9.17) is 4.42 Å². The molecule has 0 amide bonds. The molecule has 0 saturated carbocycles. The van der Waals surface area contributed by atoms with Crippen LogP contribution < -0.4 is 4.90 Å². The van der Waals surface area contributed by atoms with E-state index in [1.165, 1.54) is 70.1 Å². The van der Waals surface area contributed by atoms with Gasteiger partial charge in [0.1, 0.15) is 11.2 Å². The summed E-state index contributed by atoms with van der Waals surface area (Å²) in [6, 6.07) is 64.5. The summed E-state index contributed by atoms with van der Waals surface area (Å²) in [6.07, 6.45) is 0. The molecule has 1 spiro atoms. The zero-order valence-corrected chi connectivity index (χ0v) is 28.8. The predicted octanol–water partition coefficient (Wildman–Crippen LogP) is 13.8. The molecule has 10 aromatic rings. The van der Waals surface area contributed by atoms with Crippen LogP contribution in [0.15, 0.2) is 180 Å². The lowest BCUT2D eigenvalue weighted by atomic mass is 9.70. The maximum absolute atomic E-state index is 6.70. The molecular weight excluding hydrogens is 651 g/mol. The largest absolute Gasteiger partial charge is 0.456 e. The highest BCUT2D eigenvalue weighted by Gasteiger charge is 2.52. The minimum absolute atomic E-state index is 0.422. The molecule has 2 aliphatic carbocycles. The molecule has 2 aromatic heterocycles. The van der Waals surface area contributed by atoms with Gasteiger partial charge in [-0.05, 0) is 87.5 Å². The smallest absolute Gasteiger partial charge is 0.137 e. The van der Waals surface area contributed by atoms with Crippen molar-refractivity contribution in [1.82, 2.24) is 0 Å². The second-order valence-electron chi connectivity index (χ2n) is 13.9. The van der Waals surface area contributed by atoms with Crippen LogP contribution in [0.5, 0.6) is 0 Å². The molecule has 0 fully saturated rings. The first-order valence-electron chi connectivity index (χ1n) is 17.9. The van der Waals surface area contributed by atoms with E-state index in [0.29, 0.717) is 0 Å². The lowest BCUT2D eigenvalue weighted by Crippen LogP contribution is -2.26. The van der Waals surface area contributed by atoms with Crippen molar-refractivity contribution in [2.45, 2.75) is 5.41 Å². The van der Waals surface area contributed by atoms with Crippen molar-refractivity contribution in [1.29, 1.82) is 0 Å². The number of furan rings is 1. The van der Waals surface area contributed by atoms with E-state index in [9.17, 15) is 0 Å². The van der Waals surface area contributed by atoms with Crippen LogP contribution in [0.25, 0.3) is 64.4 Å². The van der Waals surface area contributed by atoms with Gasteiger partial charge in [0, 0.05) is 36.8 Å². The van der Waals surface area contributed by atoms with Gasteiger partial charge in [0.25, 0.3) is 0 Å². The summed E-state index contributed by atoms with van der Waals surface area (Å²) in [5.41, 5.74) is 15.3. The molecule has 3 heteroatoms. The average Bonchev–Trinajstić information content (AvgIpc) is 3.94. The van der Waals surface area contributed by atoms with Crippen LogP contribution in [-0.2, 0) is 5.41 Å². The summed E-state index contributed by atoms with van der Waals surface area (Å²) in [6.45, 7) is 0. The molecule has 52 heavy (non-hydrogen) atoms. The quantitative estimate of drug-likeness (QED) is 0.185. The number of rotatable bonds is 3. The molecule has 2 nitrogen and oxygen atoms in total. The van der Waals surface area contributed by atoms with Gasteiger partial charge in [0.2, 0.25) is 0 Å². The first kappa shape index (κ1) is 28.3. The van der Waals surface area contributed by atoms with Crippen molar-refractivity contribution in [3.05, 3.63) is 198 Å². The Morgan fingerprint density at radius 3 is 1.81 bits per heavy atom. The maximum Gasteiger partial charge on any atom is 0.137 e. The molecule has 0 saturated heterocycles. The van der Waals surface area contributed by atoms with Crippen LogP contribution in [0, 0.1) is 0 Å². The van der Waals surface area contributed by atoms with Crippen LogP contribution >= 0.6 is 11.3 Å². The third-order valence-corrected chi connectivity index (χ3v) is 12.7. The maximum atomic E-state index is 6.70. The summed E-state index contributed by atoms with van der Waals surface area (Å²) < 4.78 is 9.25. The summed E-state index contributed by atoms with van der Waals surface area (Å²) >= 11 is 1.85. The second-order valence-corrected chi connectivity index (χ2v) is 15.0. The van der Waals surface area contributed by atoms with Crippen LogP contribution in [0.1, 0.15) is 22.3 Å². The van der Waals surface area contributed by atoms with Gasteiger partial charge < -0.3 is 9.32 Å². The first-order chi connectivity index (χ1) is 25.8. The fraction of sp³-hybridized carbons (Fsp3) is 0.0204. The van der Waals surface area contributed by atoms with Gasteiger partial charge in [-0.3, -0.25) is 0 Å². The predicted molar refractivity (Wildman–Crippen MR) is 218 cm³/mol. The van der Waals surface area contributed by atoms with Gasteiger partial charge in [-0.1, -0.05) is 127 Å². The standard InChI is InChI=1S/C49H29NOS/c1-2-14-30(15-3-1)50(41-25-13-26-42-46(41)47-43(51-42)29-28-34-33-18-7-11-27-44(33)52-48(34)47)40-24-12-23-39-45(40)35-19-6-10-22-38(35)49(39)36-20-8-4-16-31(36)32-17-5-9-21-37(32)49/h1-29H.